The van der Waals surface area contributed by atoms with Crippen LogP contribution in [0, 0.1) is 11.6 Å². The molecule has 0 aliphatic heterocycles. The van der Waals surface area contributed by atoms with Crippen LogP contribution in [0.3, 0.4) is 0 Å². The third-order valence-electron chi connectivity index (χ3n) is 6.30. The number of carbonyl (C=O) groups excluding carboxylic acids is 1. The second-order valence-electron chi connectivity index (χ2n) is 9.02. The molecule has 1 N–H and O–H groups in total. The van der Waals surface area contributed by atoms with Crippen LogP contribution >= 0.6 is 0 Å². The second-order valence-corrected chi connectivity index (χ2v) is 9.02. The van der Waals surface area contributed by atoms with E-state index >= 15 is 0 Å². The van der Waals surface area contributed by atoms with E-state index in [0.717, 1.165) is 12.1 Å². The average molecular weight is 580 g/mol. The largest absolute Gasteiger partial charge is 0.495 e. The number of hydrogen-bond acceptors (Lipinski definition) is 3. The van der Waals surface area contributed by atoms with E-state index in [1.54, 1.807) is 30.3 Å². The zero-order chi connectivity index (χ0) is 30.0. The molecule has 0 radical (unpaired) electrons. The summed E-state index contributed by atoms with van der Waals surface area (Å²) in [7, 11) is 1.34. The number of methoxy groups -OCH3 is 1. The molecule has 4 rings (SSSR count). The van der Waals surface area contributed by atoms with Gasteiger partial charge in [0, 0.05) is 12.0 Å². The van der Waals surface area contributed by atoms with E-state index in [2.05, 4.69) is 10.3 Å². The Hall–Kier alpha value is -4.48. The van der Waals surface area contributed by atoms with Crippen molar-refractivity contribution in [3.63, 3.8) is 0 Å². The fourth-order valence-corrected chi connectivity index (χ4v) is 4.33. The molecule has 1 atom stereocenters. The summed E-state index contributed by atoms with van der Waals surface area (Å²) in [5, 5.41) is 2.50. The summed E-state index contributed by atoms with van der Waals surface area (Å²) in [6.07, 6.45) is -9.20. The highest BCUT2D eigenvalue weighted by molar-refractivity contribution is 5.95. The van der Waals surface area contributed by atoms with Gasteiger partial charge in [-0.25, -0.2) is 8.78 Å². The van der Waals surface area contributed by atoms with Crippen molar-refractivity contribution in [1.82, 2.24) is 10.3 Å². The molecule has 0 fully saturated rings. The first-order valence-corrected chi connectivity index (χ1v) is 11.8. The third kappa shape index (κ3) is 6.47. The molecule has 0 saturated carbocycles. The zero-order valence-corrected chi connectivity index (χ0v) is 21.1. The summed E-state index contributed by atoms with van der Waals surface area (Å²) >= 11 is 0. The van der Waals surface area contributed by atoms with Gasteiger partial charge in [-0.3, -0.25) is 9.78 Å². The van der Waals surface area contributed by atoms with Gasteiger partial charge in [-0.05, 0) is 59.7 Å². The van der Waals surface area contributed by atoms with E-state index in [4.69, 9.17) is 4.74 Å². The summed E-state index contributed by atoms with van der Waals surface area (Å²) in [5.41, 5.74) is -5.79. The molecule has 4 aromatic rings. The van der Waals surface area contributed by atoms with Crippen molar-refractivity contribution in [2.45, 2.75) is 24.3 Å². The Bertz CT molecular complexity index is 1540. The van der Waals surface area contributed by atoms with Crippen LogP contribution in [-0.4, -0.2) is 18.0 Å². The average Bonchev–Trinajstić information content (AvgIpc) is 2.92. The summed E-state index contributed by atoms with van der Waals surface area (Å²) in [6.45, 7) is 0. The van der Waals surface area contributed by atoms with Gasteiger partial charge >= 0.3 is 12.4 Å². The van der Waals surface area contributed by atoms with E-state index in [1.807, 2.05) is 0 Å². The molecule has 3 aromatic carbocycles. The van der Waals surface area contributed by atoms with Crippen LogP contribution in [0.15, 0.2) is 85.1 Å². The monoisotopic (exact) mass is 580 g/mol. The fourth-order valence-electron chi connectivity index (χ4n) is 4.33. The van der Waals surface area contributed by atoms with Crippen molar-refractivity contribution < 1.29 is 44.7 Å². The molecule has 0 aliphatic carbocycles. The van der Waals surface area contributed by atoms with Crippen LogP contribution in [0.25, 0.3) is 0 Å². The highest BCUT2D eigenvalue weighted by Crippen LogP contribution is 2.39. The van der Waals surface area contributed by atoms with E-state index in [9.17, 15) is 39.9 Å². The zero-order valence-electron chi connectivity index (χ0n) is 21.1. The first-order chi connectivity index (χ1) is 19.2. The first-order valence-electron chi connectivity index (χ1n) is 11.8. The number of halogens is 8. The van der Waals surface area contributed by atoms with Crippen LogP contribution in [0.5, 0.6) is 5.75 Å². The lowest BCUT2D eigenvalue weighted by molar-refractivity contribution is -0.140. The van der Waals surface area contributed by atoms with Crippen molar-refractivity contribution in [2.75, 3.05) is 7.11 Å². The van der Waals surface area contributed by atoms with Gasteiger partial charge in [0.2, 0.25) is 0 Å². The molecule has 0 saturated heterocycles. The van der Waals surface area contributed by atoms with Gasteiger partial charge < -0.3 is 10.1 Å². The fraction of sp³-hybridized carbons (Fsp3) is 0.172. The summed E-state index contributed by atoms with van der Waals surface area (Å²) in [5.74, 6) is -3.86. The quantitative estimate of drug-likeness (QED) is 0.233. The van der Waals surface area contributed by atoms with Crippen molar-refractivity contribution in [3.8, 4) is 5.75 Å². The summed E-state index contributed by atoms with van der Waals surface area (Å²) in [6, 6.07) is 14.0. The van der Waals surface area contributed by atoms with Gasteiger partial charge in [0.15, 0.2) is 0 Å². The molecular formula is C29H20F8N2O2. The number of nitrogens with zero attached hydrogens (tertiary/aromatic N) is 1. The highest BCUT2D eigenvalue weighted by atomic mass is 19.4. The maximum atomic E-state index is 14.7. The lowest BCUT2D eigenvalue weighted by Crippen LogP contribution is -2.49. The van der Waals surface area contributed by atoms with Gasteiger partial charge in [-0.2, -0.15) is 26.3 Å². The highest BCUT2D eigenvalue weighted by Gasteiger charge is 2.42. The maximum absolute atomic E-state index is 14.7. The number of alkyl halides is 6. The minimum absolute atomic E-state index is 0.0765. The molecular weight excluding hydrogens is 560 g/mol. The van der Waals surface area contributed by atoms with E-state index in [1.165, 1.54) is 25.4 Å². The number of rotatable bonds is 7. The molecule has 0 bridgehead atoms. The van der Waals surface area contributed by atoms with Crippen LogP contribution in [0.1, 0.15) is 38.3 Å². The Kier molecular flexibility index (Phi) is 8.05. The molecule has 41 heavy (non-hydrogen) atoms. The summed E-state index contributed by atoms with van der Waals surface area (Å²) in [4.78, 5) is 17.8. The predicted octanol–water partition coefficient (Wildman–Crippen LogP) is 7.32. The van der Waals surface area contributed by atoms with Gasteiger partial charge in [-0.1, -0.05) is 30.3 Å². The standard InChI is InChI=1S/C29H20F8N2O2/c1-41-22-8-10-25(38-16-22)27(15-17-5-3-2-4-6-17,19-12-20(28(32,33)34)14-21(30)13-19)39-26(40)18-7-9-24(31)23(11-18)29(35,36)37/h2-14,16H,15H2,1H3,(H,39,40). The first kappa shape index (κ1) is 29.5. The molecule has 214 valence electrons. The normalized spacial score (nSPS) is 13.4. The van der Waals surface area contributed by atoms with E-state index < -0.39 is 57.7 Å². The Morgan fingerprint density at radius 3 is 2.10 bits per heavy atom. The molecule has 1 heterocycles. The van der Waals surface area contributed by atoms with Crippen LogP contribution in [0.2, 0.25) is 0 Å². The Labute approximate surface area is 228 Å². The molecule has 1 amide bonds. The van der Waals surface area contributed by atoms with Crippen molar-refractivity contribution in [2.24, 2.45) is 0 Å². The number of aromatic nitrogens is 1. The number of hydrogen-bond donors (Lipinski definition) is 1. The maximum Gasteiger partial charge on any atom is 0.419 e. The van der Waals surface area contributed by atoms with Gasteiger partial charge in [-0.15, -0.1) is 0 Å². The van der Waals surface area contributed by atoms with E-state index in [0.29, 0.717) is 17.7 Å². The molecule has 0 aliphatic rings. The minimum Gasteiger partial charge on any atom is -0.495 e. The van der Waals surface area contributed by atoms with Gasteiger partial charge in [0.05, 0.1) is 30.1 Å². The molecule has 4 nitrogen and oxygen atoms in total. The Morgan fingerprint density at radius 1 is 0.829 bits per heavy atom. The Balaban J connectivity index is 1.98. The Morgan fingerprint density at radius 2 is 1.51 bits per heavy atom. The molecule has 1 unspecified atom stereocenters. The predicted molar refractivity (Wildman–Crippen MR) is 132 cm³/mol. The van der Waals surface area contributed by atoms with Gasteiger partial charge in [0.1, 0.15) is 22.9 Å². The smallest absolute Gasteiger partial charge is 0.419 e. The topological polar surface area (TPSA) is 51.2 Å². The SMILES string of the molecule is COc1ccc(C(Cc2ccccc2)(NC(=O)c2ccc(F)c(C(F)(F)F)c2)c2cc(F)cc(C(F)(F)F)c2)nc1. The third-order valence-corrected chi connectivity index (χ3v) is 6.30. The van der Waals surface area contributed by atoms with Crippen molar-refractivity contribution >= 4 is 5.91 Å². The van der Waals surface area contributed by atoms with Crippen LogP contribution in [0.4, 0.5) is 35.1 Å². The van der Waals surface area contributed by atoms with Crippen molar-refractivity contribution in [3.05, 3.63) is 130 Å². The lowest BCUT2D eigenvalue weighted by atomic mass is 9.79. The van der Waals surface area contributed by atoms with Crippen LogP contribution < -0.4 is 10.1 Å². The number of ether oxygens (including phenoxy) is 1. The number of pyridine rings is 1. The summed E-state index contributed by atoms with van der Waals surface area (Å²) < 4.78 is 115. The van der Waals surface area contributed by atoms with Gasteiger partial charge in [0.25, 0.3) is 5.91 Å². The number of carbonyl (C=O) groups is 1. The number of nitrogens with one attached hydrogen (secondary N) is 1. The number of amides is 1. The number of benzene rings is 3. The molecule has 1 aromatic heterocycles. The molecule has 12 heteroatoms. The molecule has 0 spiro atoms. The van der Waals surface area contributed by atoms with Crippen molar-refractivity contribution in [1.29, 1.82) is 0 Å². The lowest BCUT2D eigenvalue weighted by Gasteiger charge is -2.36. The van der Waals surface area contributed by atoms with E-state index in [-0.39, 0.29) is 30.0 Å². The van der Waals surface area contributed by atoms with Crippen LogP contribution in [-0.2, 0) is 24.3 Å². The second kappa shape index (κ2) is 11.2. The minimum atomic E-state index is -5.14.